The summed E-state index contributed by atoms with van der Waals surface area (Å²) >= 11 is 0. The molecule has 8 nitrogen and oxygen atoms in total. The molecule has 0 bridgehead atoms. The Balaban J connectivity index is 1.39. The number of aromatic carboxylic acids is 1. The molecule has 0 spiro atoms. The molecule has 6 rings (SSSR count). The highest BCUT2D eigenvalue weighted by molar-refractivity contribution is 6.09. The second-order valence-electron chi connectivity index (χ2n) is 9.54. The summed E-state index contributed by atoms with van der Waals surface area (Å²) in [6.07, 6.45) is 2.03. The largest absolute Gasteiger partial charge is 0.478 e. The number of hydrogen-bond donors (Lipinski definition) is 2. The molecule has 0 aliphatic carbocycles. The summed E-state index contributed by atoms with van der Waals surface area (Å²) < 4.78 is 5.79. The van der Waals surface area contributed by atoms with E-state index >= 15 is 0 Å². The van der Waals surface area contributed by atoms with Crippen LogP contribution in [-0.4, -0.2) is 32.1 Å². The van der Waals surface area contributed by atoms with Crippen LogP contribution in [0.15, 0.2) is 102 Å². The highest BCUT2D eigenvalue weighted by atomic mass is 16.5. The standard InChI is InChI=1S/C32H24N4O4/c1-19(20-9-11-23(12-10-20)32(38)39)34-31(37)26-16-24(21-6-3-2-4-7-21)17-27-29(26)28(40-36-27)18-25-14-13-22-8-5-15-33-30(22)35-25/h2-17,19H,18H2,1H3,(H,34,37)(H,38,39)/t19-/m0/s1. The molecule has 0 saturated carbocycles. The first kappa shape index (κ1) is 24.9. The van der Waals surface area contributed by atoms with Crippen molar-refractivity contribution in [2.75, 3.05) is 0 Å². The average molecular weight is 529 g/mol. The smallest absolute Gasteiger partial charge is 0.335 e. The number of pyridine rings is 2. The molecular weight excluding hydrogens is 504 g/mol. The Morgan fingerprint density at radius 3 is 2.50 bits per heavy atom. The Kier molecular flexibility index (Phi) is 6.49. The topological polar surface area (TPSA) is 118 Å². The van der Waals surface area contributed by atoms with Crippen molar-refractivity contribution in [2.24, 2.45) is 0 Å². The van der Waals surface area contributed by atoms with E-state index in [0.29, 0.717) is 34.3 Å². The third kappa shape index (κ3) is 4.90. The molecule has 0 aliphatic heterocycles. The predicted octanol–water partition coefficient (Wildman–Crippen LogP) is 6.22. The van der Waals surface area contributed by atoms with E-state index in [1.165, 1.54) is 12.1 Å². The number of rotatable bonds is 7. The van der Waals surface area contributed by atoms with Crippen molar-refractivity contribution in [3.8, 4) is 11.1 Å². The molecule has 6 aromatic rings. The molecule has 0 unspecified atom stereocenters. The second-order valence-corrected chi connectivity index (χ2v) is 9.54. The molecule has 0 aliphatic rings. The monoisotopic (exact) mass is 528 g/mol. The van der Waals surface area contributed by atoms with E-state index in [1.54, 1.807) is 18.3 Å². The number of benzene rings is 3. The SMILES string of the molecule is C[C@H](NC(=O)c1cc(-c2ccccc2)cc2noc(Cc3ccc4cccnc4n3)c12)c1ccc(C(=O)O)cc1. The summed E-state index contributed by atoms with van der Waals surface area (Å²) in [4.78, 5) is 34.0. The zero-order valence-corrected chi connectivity index (χ0v) is 21.5. The van der Waals surface area contributed by atoms with Crippen LogP contribution in [-0.2, 0) is 6.42 Å². The van der Waals surface area contributed by atoms with Gasteiger partial charge in [0.2, 0.25) is 0 Å². The van der Waals surface area contributed by atoms with Crippen LogP contribution in [0.5, 0.6) is 0 Å². The number of carbonyl (C=O) groups excluding carboxylic acids is 1. The molecule has 40 heavy (non-hydrogen) atoms. The molecule has 196 valence electrons. The lowest BCUT2D eigenvalue weighted by atomic mass is 9.97. The summed E-state index contributed by atoms with van der Waals surface area (Å²) in [6, 6.07) is 27.3. The first-order valence-corrected chi connectivity index (χ1v) is 12.8. The fourth-order valence-corrected chi connectivity index (χ4v) is 4.77. The number of aromatic nitrogens is 3. The van der Waals surface area contributed by atoms with Crippen LogP contribution in [0.1, 0.15) is 50.7 Å². The maximum atomic E-state index is 13.8. The molecule has 8 heteroatoms. The quantitative estimate of drug-likeness (QED) is 0.253. The average Bonchev–Trinajstić information content (AvgIpc) is 3.39. The van der Waals surface area contributed by atoms with Crippen molar-refractivity contribution in [2.45, 2.75) is 19.4 Å². The van der Waals surface area contributed by atoms with Gasteiger partial charge in [-0.05, 0) is 72.1 Å². The highest BCUT2D eigenvalue weighted by Crippen LogP contribution is 2.31. The molecular formula is C32H24N4O4. The molecule has 3 aromatic carbocycles. The molecule has 3 aromatic heterocycles. The minimum Gasteiger partial charge on any atom is -0.478 e. The first-order valence-electron chi connectivity index (χ1n) is 12.8. The van der Waals surface area contributed by atoms with Gasteiger partial charge < -0.3 is 14.9 Å². The van der Waals surface area contributed by atoms with Crippen molar-refractivity contribution >= 4 is 33.8 Å². The highest BCUT2D eigenvalue weighted by Gasteiger charge is 2.22. The molecule has 1 atom stereocenters. The Labute approximate surface area is 229 Å². The fraction of sp³-hybridized carbons (Fsp3) is 0.0938. The fourth-order valence-electron chi connectivity index (χ4n) is 4.77. The van der Waals surface area contributed by atoms with E-state index in [-0.39, 0.29) is 17.5 Å². The summed E-state index contributed by atoms with van der Waals surface area (Å²) in [5.41, 5.74) is 5.13. The number of nitrogens with zero attached hydrogens (tertiary/aromatic N) is 3. The number of nitrogens with one attached hydrogen (secondary N) is 1. The maximum Gasteiger partial charge on any atom is 0.335 e. The third-order valence-corrected chi connectivity index (χ3v) is 6.87. The minimum atomic E-state index is -1.000. The van der Waals surface area contributed by atoms with Gasteiger partial charge in [0.25, 0.3) is 5.91 Å². The molecule has 3 heterocycles. The summed E-state index contributed by atoms with van der Waals surface area (Å²) in [7, 11) is 0. The Bertz CT molecular complexity index is 1860. The van der Waals surface area contributed by atoms with E-state index < -0.39 is 5.97 Å². The van der Waals surface area contributed by atoms with Crippen molar-refractivity contribution in [1.82, 2.24) is 20.4 Å². The Morgan fingerprint density at radius 1 is 0.925 bits per heavy atom. The van der Waals surface area contributed by atoms with Gasteiger partial charge in [-0.3, -0.25) is 4.79 Å². The van der Waals surface area contributed by atoms with Gasteiger partial charge >= 0.3 is 5.97 Å². The van der Waals surface area contributed by atoms with Gasteiger partial charge in [-0.25, -0.2) is 14.8 Å². The van der Waals surface area contributed by atoms with E-state index in [9.17, 15) is 14.7 Å². The summed E-state index contributed by atoms with van der Waals surface area (Å²) in [5.74, 6) is -0.767. The molecule has 1 amide bonds. The Hall–Kier alpha value is -5.37. The lowest BCUT2D eigenvalue weighted by Gasteiger charge is -2.16. The molecule has 2 N–H and O–H groups in total. The number of carbonyl (C=O) groups is 2. The predicted molar refractivity (Wildman–Crippen MR) is 151 cm³/mol. The van der Waals surface area contributed by atoms with E-state index in [0.717, 1.165) is 27.8 Å². The van der Waals surface area contributed by atoms with Crippen LogP contribution in [0.25, 0.3) is 33.1 Å². The van der Waals surface area contributed by atoms with Crippen molar-refractivity contribution < 1.29 is 19.2 Å². The van der Waals surface area contributed by atoms with Gasteiger partial charge in [-0.2, -0.15) is 0 Å². The summed E-state index contributed by atoms with van der Waals surface area (Å²) in [5, 5.41) is 18.1. The lowest BCUT2D eigenvalue weighted by molar-refractivity contribution is 0.0696. The number of fused-ring (bicyclic) bond motifs is 2. The number of amides is 1. The van der Waals surface area contributed by atoms with Gasteiger partial charge in [0.05, 0.1) is 34.7 Å². The van der Waals surface area contributed by atoms with Crippen LogP contribution in [0, 0.1) is 0 Å². The lowest BCUT2D eigenvalue weighted by Crippen LogP contribution is -2.27. The van der Waals surface area contributed by atoms with Crippen molar-refractivity contribution in [3.63, 3.8) is 0 Å². The normalized spacial score (nSPS) is 11.9. The molecule has 0 saturated heterocycles. The van der Waals surface area contributed by atoms with Gasteiger partial charge in [0.15, 0.2) is 11.4 Å². The second kappa shape index (κ2) is 10.4. The first-order chi connectivity index (χ1) is 19.5. The van der Waals surface area contributed by atoms with E-state index in [4.69, 9.17) is 4.52 Å². The summed E-state index contributed by atoms with van der Waals surface area (Å²) in [6.45, 7) is 1.85. The third-order valence-electron chi connectivity index (χ3n) is 6.87. The molecule has 0 fully saturated rings. The van der Waals surface area contributed by atoms with Crippen LogP contribution in [0.4, 0.5) is 0 Å². The number of carboxylic acid groups (broad SMARTS) is 1. The minimum absolute atomic E-state index is 0.186. The van der Waals surface area contributed by atoms with Crippen molar-refractivity contribution in [3.05, 3.63) is 125 Å². The van der Waals surface area contributed by atoms with Crippen LogP contribution in [0.3, 0.4) is 0 Å². The van der Waals surface area contributed by atoms with Crippen LogP contribution >= 0.6 is 0 Å². The Morgan fingerprint density at radius 2 is 1.73 bits per heavy atom. The van der Waals surface area contributed by atoms with Crippen LogP contribution < -0.4 is 5.32 Å². The van der Waals surface area contributed by atoms with Gasteiger partial charge in [-0.1, -0.05) is 47.6 Å². The zero-order chi connectivity index (χ0) is 27.6. The maximum absolute atomic E-state index is 13.8. The van der Waals surface area contributed by atoms with Gasteiger partial charge in [-0.15, -0.1) is 0 Å². The zero-order valence-electron chi connectivity index (χ0n) is 21.5. The van der Waals surface area contributed by atoms with Crippen LogP contribution in [0.2, 0.25) is 0 Å². The number of hydrogen-bond acceptors (Lipinski definition) is 6. The van der Waals surface area contributed by atoms with Crippen molar-refractivity contribution in [1.29, 1.82) is 0 Å². The molecule has 0 radical (unpaired) electrons. The number of carboxylic acids is 1. The van der Waals surface area contributed by atoms with Gasteiger partial charge in [0.1, 0.15) is 5.52 Å². The van der Waals surface area contributed by atoms with E-state index in [2.05, 4.69) is 20.4 Å². The van der Waals surface area contributed by atoms with Gasteiger partial charge in [0, 0.05) is 11.6 Å². The van der Waals surface area contributed by atoms with E-state index in [1.807, 2.05) is 73.7 Å².